The van der Waals surface area contributed by atoms with Gasteiger partial charge in [0.05, 0.1) is 0 Å². The molecular weight excluding hydrogens is 436 g/mol. The SMILES string of the molecule is CSc1nnc(CCCNC(=O)[C@@H](NC(=O)c2c(F)cccc2F)C(C)C)n1CC(C)C. The number of nitrogens with zero attached hydrogens (tertiary/aromatic N) is 3. The van der Waals surface area contributed by atoms with Gasteiger partial charge in [-0.3, -0.25) is 9.59 Å². The largest absolute Gasteiger partial charge is 0.354 e. The molecule has 2 N–H and O–H groups in total. The Morgan fingerprint density at radius 1 is 1.12 bits per heavy atom. The summed E-state index contributed by atoms with van der Waals surface area (Å²) >= 11 is 1.54. The molecule has 1 heterocycles. The van der Waals surface area contributed by atoms with Crippen molar-refractivity contribution in [1.29, 1.82) is 0 Å². The van der Waals surface area contributed by atoms with Crippen LogP contribution in [-0.4, -0.2) is 45.4 Å². The fraction of sp³-hybridized carbons (Fsp3) is 0.545. The number of thioether (sulfide) groups is 1. The lowest BCUT2D eigenvalue weighted by Crippen LogP contribution is -2.50. The number of carbonyl (C=O) groups is 2. The van der Waals surface area contributed by atoms with E-state index in [9.17, 15) is 18.4 Å². The number of halogens is 2. The third-order valence-electron chi connectivity index (χ3n) is 4.83. The van der Waals surface area contributed by atoms with Crippen LogP contribution in [0.1, 0.15) is 50.3 Å². The molecule has 1 aromatic carbocycles. The molecule has 2 rings (SSSR count). The number of rotatable bonds is 11. The van der Waals surface area contributed by atoms with Crippen LogP contribution >= 0.6 is 11.8 Å². The summed E-state index contributed by atoms with van der Waals surface area (Å²) in [5.41, 5.74) is -0.694. The summed E-state index contributed by atoms with van der Waals surface area (Å²) in [6.07, 6.45) is 3.23. The van der Waals surface area contributed by atoms with Crippen LogP contribution in [0.4, 0.5) is 8.78 Å². The summed E-state index contributed by atoms with van der Waals surface area (Å²) in [7, 11) is 0. The number of hydrogen-bond acceptors (Lipinski definition) is 5. The maximum absolute atomic E-state index is 13.9. The van der Waals surface area contributed by atoms with E-state index in [1.54, 1.807) is 25.6 Å². The predicted molar refractivity (Wildman–Crippen MR) is 120 cm³/mol. The zero-order valence-electron chi connectivity index (χ0n) is 19.1. The Balaban J connectivity index is 1.94. The van der Waals surface area contributed by atoms with E-state index in [4.69, 9.17) is 0 Å². The number of amides is 2. The van der Waals surface area contributed by atoms with Crippen molar-refractivity contribution in [3.63, 3.8) is 0 Å². The molecule has 0 spiro atoms. The Morgan fingerprint density at radius 3 is 2.34 bits per heavy atom. The van der Waals surface area contributed by atoms with E-state index in [-0.39, 0.29) is 5.92 Å². The molecule has 0 bridgehead atoms. The van der Waals surface area contributed by atoms with Crippen molar-refractivity contribution in [3.05, 3.63) is 41.2 Å². The van der Waals surface area contributed by atoms with Crippen LogP contribution in [-0.2, 0) is 17.8 Å². The van der Waals surface area contributed by atoms with Crippen molar-refractivity contribution in [2.24, 2.45) is 11.8 Å². The molecule has 1 aromatic heterocycles. The fourth-order valence-corrected chi connectivity index (χ4v) is 3.76. The van der Waals surface area contributed by atoms with Gasteiger partial charge in [0, 0.05) is 19.5 Å². The lowest BCUT2D eigenvalue weighted by Gasteiger charge is -2.22. The molecule has 176 valence electrons. The van der Waals surface area contributed by atoms with E-state index in [0.29, 0.717) is 25.3 Å². The molecule has 32 heavy (non-hydrogen) atoms. The average Bonchev–Trinajstić information content (AvgIpc) is 3.09. The summed E-state index contributed by atoms with van der Waals surface area (Å²) < 4.78 is 29.9. The zero-order valence-corrected chi connectivity index (χ0v) is 19.9. The summed E-state index contributed by atoms with van der Waals surface area (Å²) in [6.45, 7) is 8.94. The standard InChI is InChI=1S/C22H31F2N5O2S/c1-13(2)12-29-17(27-28-22(29)32-5)10-7-11-25-21(31)19(14(3)4)26-20(30)18-15(23)8-6-9-16(18)24/h6,8-9,13-14,19H,7,10-12H2,1-5H3,(H,25,31)(H,26,30)/t19-/m0/s1. The summed E-state index contributed by atoms with van der Waals surface area (Å²) in [5, 5.41) is 14.6. The van der Waals surface area contributed by atoms with E-state index in [2.05, 4.69) is 39.2 Å². The molecule has 1 atom stereocenters. The van der Waals surface area contributed by atoms with Gasteiger partial charge in [-0.25, -0.2) is 8.78 Å². The second-order valence-corrected chi connectivity index (χ2v) is 9.07. The summed E-state index contributed by atoms with van der Waals surface area (Å²) in [6, 6.07) is 2.26. The van der Waals surface area contributed by atoms with Gasteiger partial charge < -0.3 is 15.2 Å². The Bertz CT molecular complexity index is 913. The van der Waals surface area contributed by atoms with Crippen molar-refractivity contribution in [2.75, 3.05) is 12.8 Å². The van der Waals surface area contributed by atoms with Crippen molar-refractivity contribution < 1.29 is 18.4 Å². The predicted octanol–water partition coefficient (Wildman–Crippen LogP) is 3.44. The zero-order chi connectivity index (χ0) is 23.8. The fourth-order valence-electron chi connectivity index (χ4n) is 3.23. The average molecular weight is 468 g/mol. The first kappa shape index (κ1) is 25.8. The molecule has 0 aliphatic rings. The van der Waals surface area contributed by atoms with Crippen molar-refractivity contribution in [2.45, 2.75) is 58.3 Å². The highest BCUT2D eigenvalue weighted by Crippen LogP contribution is 2.17. The van der Waals surface area contributed by atoms with Crippen LogP contribution in [0.25, 0.3) is 0 Å². The van der Waals surface area contributed by atoms with Crippen LogP contribution in [0.2, 0.25) is 0 Å². The molecule has 0 unspecified atom stereocenters. The highest BCUT2D eigenvalue weighted by atomic mass is 32.2. The van der Waals surface area contributed by atoms with Gasteiger partial charge in [-0.1, -0.05) is 45.5 Å². The van der Waals surface area contributed by atoms with Gasteiger partial charge in [0.15, 0.2) is 5.16 Å². The minimum atomic E-state index is -0.972. The number of aryl methyl sites for hydroxylation is 1. The van der Waals surface area contributed by atoms with Gasteiger partial charge in [0.1, 0.15) is 29.1 Å². The summed E-state index contributed by atoms with van der Waals surface area (Å²) in [5.74, 6) is -2.27. The quantitative estimate of drug-likeness (QED) is 0.390. The molecule has 0 aliphatic heterocycles. The van der Waals surface area contributed by atoms with Gasteiger partial charge in [0.2, 0.25) is 5.91 Å². The van der Waals surface area contributed by atoms with Crippen LogP contribution in [0.5, 0.6) is 0 Å². The number of carbonyl (C=O) groups excluding carboxylic acids is 2. The number of benzene rings is 1. The van der Waals surface area contributed by atoms with Crippen molar-refractivity contribution >= 4 is 23.6 Å². The lowest BCUT2D eigenvalue weighted by atomic mass is 10.0. The third-order valence-corrected chi connectivity index (χ3v) is 5.49. The molecule has 0 saturated heterocycles. The van der Waals surface area contributed by atoms with E-state index in [1.807, 2.05) is 6.26 Å². The second kappa shape index (κ2) is 11.9. The first-order chi connectivity index (χ1) is 15.1. The monoisotopic (exact) mass is 467 g/mol. The van der Waals surface area contributed by atoms with Crippen molar-refractivity contribution in [1.82, 2.24) is 25.4 Å². The highest BCUT2D eigenvalue weighted by Gasteiger charge is 2.27. The Hall–Kier alpha value is -2.49. The smallest absolute Gasteiger partial charge is 0.257 e. The molecule has 2 amide bonds. The molecule has 2 aromatic rings. The van der Waals surface area contributed by atoms with Gasteiger partial charge in [0.25, 0.3) is 5.91 Å². The number of hydrogen-bond donors (Lipinski definition) is 2. The normalized spacial score (nSPS) is 12.3. The van der Waals surface area contributed by atoms with E-state index in [1.165, 1.54) is 6.07 Å². The Morgan fingerprint density at radius 2 is 1.78 bits per heavy atom. The van der Waals surface area contributed by atoms with E-state index in [0.717, 1.165) is 29.7 Å². The van der Waals surface area contributed by atoms with E-state index < -0.39 is 35.1 Å². The van der Waals surface area contributed by atoms with Crippen molar-refractivity contribution in [3.8, 4) is 0 Å². The molecule has 7 nitrogen and oxygen atoms in total. The first-order valence-electron chi connectivity index (χ1n) is 10.6. The molecule has 0 radical (unpaired) electrons. The maximum Gasteiger partial charge on any atom is 0.257 e. The topological polar surface area (TPSA) is 88.9 Å². The summed E-state index contributed by atoms with van der Waals surface area (Å²) in [4.78, 5) is 25.0. The van der Waals surface area contributed by atoms with Gasteiger partial charge in [-0.05, 0) is 36.6 Å². The van der Waals surface area contributed by atoms with Crippen LogP contribution in [0.15, 0.2) is 23.4 Å². The third kappa shape index (κ3) is 6.75. The molecule has 0 fully saturated rings. The van der Waals surface area contributed by atoms with E-state index >= 15 is 0 Å². The molecular formula is C22H31F2N5O2S. The highest BCUT2D eigenvalue weighted by molar-refractivity contribution is 7.98. The number of nitrogens with one attached hydrogen (secondary N) is 2. The minimum absolute atomic E-state index is 0.271. The van der Waals surface area contributed by atoms with Crippen LogP contribution < -0.4 is 10.6 Å². The van der Waals surface area contributed by atoms with Gasteiger partial charge in [-0.2, -0.15) is 0 Å². The minimum Gasteiger partial charge on any atom is -0.354 e. The van der Waals surface area contributed by atoms with Gasteiger partial charge >= 0.3 is 0 Å². The second-order valence-electron chi connectivity index (χ2n) is 8.29. The Kier molecular flexibility index (Phi) is 9.61. The number of aromatic nitrogens is 3. The molecule has 10 heteroatoms. The van der Waals surface area contributed by atoms with Crippen LogP contribution in [0.3, 0.4) is 0 Å². The maximum atomic E-state index is 13.9. The molecule has 0 aliphatic carbocycles. The first-order valence-corrected chi connectivity index (χ1v) is 11.9. The molecule has 0 saturated carbocycles. The Labute approximate surface area is 191 Å². The van der Waals surface area contributed by atoms with Gasteiger partial charge in [-0.15, -0.1) is 10.2 Å². The van der Waals surface area contributed by atoms with Crippen LogP contribution in [0, 0.1) is 23.5 Å². The lowest BCUT2D eigenvalue weighted by molar-refractivity contribution is -0.123.